The standard InChI is InChI=1S/C18H26BrN7O2.C17H21N7S.C4H5BO2S/c1-11-9-14(25-24-11)22-16-20-10-13(19)15(23-16)21-12-5-7-26(8-6-12)17(27)28-18(2,3)4;1-11-9-15(24-23-11)21-17-19-10-13(14-3-2-8-25-14)16(22-17)20-12-4-6-18-7-5-12;6-5(7)4-2-1-3-8-4/h9-10,12H,5-8H2,1-4H3,(H3,20,21,22,23,24,25);2-3,8-10,12,18H,4-7H2,1H3,(H3,19,20,21,22,23,24);1-3,6-7H. The average molecular weight is 936 g/mol. The van der Waals surface area contributed by atoms with E-state index in [0.29, 0.717) is 53.3 Å². The molecule has 324 valence electrons. The van der Waals surface area contributed by atoms with E-state index >= 15 is 0 Å². The summed E-state index contributed by atoms with van der Waals surface area (Å²) in [6, 6.07) is 12.0. The largest absolute Gasteiger partial charge is 0.499 e. The Balaban J connectivity index is 0.000000173. The summed E-state index contributed by atoms with van der Waals surface area (Å²) in [4.78, 5) is 33.1. The fraction of sp³-hybridized carbons (Fsp3) is 0.410. The molecule has 2 aliphatic rings. The topological polar surface area (TPSA) is 239 Å². The number of aromatic amines is 2. The van der Waals surface area contributed by atoms with Crippen LogP contribution in [-0.2, 0) is 4.74 Å². The number of hydrogen-bond acceptors (Lipinski definition) is 17. The monoisotopic (exact) mass is 934 g/mol. The van der Waals surface area contributed by atoms with Gasteiger partial charge in [-0.05, 0) is 106 Å². The van der Waals surface area contributed by atoms with Crippen LogP contribution in [0.2, 0.25) is 0 Å². The van der Waals surface area contributed by atoms with Gasteiger partial charge in [-0.25, -0.2) is 14.8 Å². The lowest BCUT2D eigenvalue weighted by Crippen LogP contribution is -2.44. The van der Waals surface area contributed by atoms with E-state index in [9.17, 15) is 4.79 Å². The van der Waals surface area contributed by atoms with Crippen molar-refractivity contribution >= 4 is 91.8 Å². The number of piperidine rings is 2. The average Bonchev–Trinajstić information content (AvgIpc) is 4.08. The molecule has 18 nitrogen and oxygen atoms in total. The SMILES string of the molecule is Cc1cc(Nc2ncc(-c3cccs3)c(NC3CCNCC3)n2)n[nH]1.Cc1cc(Nc2ncc(Br)c(NC3CCN(C(=O)OC(C)(C)C)CC3)n2)n[nH]1.OB(O)c1cccs1. The first-order valence-corrected chi connectivity index (χ1v) is 22.5. The van der Waals surface area contributed by atoms with Gasteiger partial charge in [0, 0.05) is 70.7 Å². The first kappa shape index (κ1) is 45.4. The number of rotatable bonds is 10. The van der Waals surface area contributed by atoms with Crippen molar-refractivity contribution in [2.24, 2.45) is 0 Å². The van der Waals surface area contributed by atoms with Crippen molar-refractivity contribution in [3.05, 3.63) is 75.4 Å². The highest BCUT2D eigenvalue weighted by molar-refractivity contribution is 9.10. The molecule has 9 N–H and O–H groups in total. The number of ether oxygens (including phenoxy) is 1. The summed E-state index contributed by atoms with van der Waals surface area (Å²) < 4.78 is 6.82. The van der Waals surface area contributed by atoms with Gasteiger partial charge in [0.15, 0.2) is 11.6 Å². The summed E-state index contributed by atoms with van der Waals surface area (Å²) >= 11 is 6.52. The van der Waals surface area contributed by atoms with E-state index in [4.69, 9.17) is 19.8 Å². The number of hydrogen-bond donors (Lipinski definition) is 9. The van der Waals surface area contributed by atoms with Gasteiger partial charge in [-0.1, -0.05) is 18.2 Å². The minimum atomic E-state index is -1.30. The third-order valence-corrected chi connectivity index (χ3v) is 11.6. The van der Waals surface area contributed by atoms with Gasteiger partial charge in [0.05, 0.1) is 10.0 Å². The lowest BCUT2D eigenvalue weighted by atomic mass is 9.90. The second kappa shape index (κ2) is 21.6. The Labute approximate surface area is 371 Å². The zero-order valence-corrected chi connectivity index (χ0v) is 37.9. The summed E-state index contributed by atoms with van der Waals surface area (Å²) in [7, 11) is -1.30. The molecule has 0 aliphatic carbocycles. The number of aromatic nitrogens is 8. The number of aryl methyl sites for hydroxylation is 2. The van der Waals surface area contributed by atoms with Crippen LogP contribution in [0.1, 0.15) is 57.8 Å². The molecule has 1 amide bonds. The van der Waals surface area contributed by atoms with Crippen LogP contribution < -0.4 is 31.4 Å². The van der Waals surface area contributed by atoms with Crippen molar-refractivity contribution < 1.29 is 19.6 Å². The lowest BCUT2D eigenvalue weighted by molar-refractivity contribution is 0.0210. The number of anilines is 6. The quantitative estimate of drug-likeness (QED) is 0.0676. The van der Waals surface area contributed by atoms with E-state index in [0.717, 1.165) is 66.0 Å². The van der Waals surface area contributed by atoms with Gasteiger partial charge in [0.1, 0.15) is 17.2 Å². The molecule has 0 bridgehead atoms. The van der Waals surface area contributed by atoms with Gasteiger partial charge in [-0.2, -0.15) is 31.5 Å². The highest BCUT2D eigenvalue weighted by atomic mass is 79.9. The number of amides is 1. The van der Waals surface area contributed by atoms with Crippen LogP contribution in [0, 0.1) is 13.8 Å². The van der Waals surface area contributed by atoms with Crippen LogP contribution in [0.4, 0.5) is 40.0 Å². The Morgan fingerprint density at radius 3 is 1.95 bits per heavy atom. The molecule has 0 saturated carbocycles. The van der Waals surface area contributed by atoms with Gasteiger partial charge in [-0.15, -0.1) is 11.3 Å². The molecule has 6 aromatic heterocycles. The summed E-state index contributed by atoms with van der Waals surface area (Å²) in [6.07, 6.45) is 7.14. The van der Waals surface area contributed by atoms with Crippen molar-refractivity contribution in [1.29, 1.82) is 0 Å². The highest BCUT2D eigenvalue weighted by Crippen LogP contribution is 2.32. The zero-order chi connectivity index (χ0) is 43.4. The molecule has 0 aromatic carbocycles. The van der Waals surface area contributed by atoms with Crippen molar-refractivity contribution in [2.45, 2.75) is 78.0 Å². The second-order valence-corrected chi connectivity index (χ2v) is 18.2. The normalized spacial score (nSPS) is 14.5. The molecule has 0 atom stereocenters. The molecule has 0 unspecified atom stereocenters. The van der Waals surface area contributed by atoms with Crippen LogP contribution in [0.3, 0.4) is 0 Å². The van der Waals surface area contributed by atoms with Gasteiger partial charge in [0.25, 0.3) is 0 Å². The van der Waals surface area contributed by atoms with Crippen molar-refractivity contribution in [1.82, 2.24) is 50.5 Å². The second-order valence-electron chi connectivity index (χ2n) is 15.4. The van der Waals surface area contributed by atoms with Crippen molar-refractivity contribution in [2.75, 3.05) is 47.4 Å². The number of carbonyl (C=O) groups is 1. The minimum absolute atomic E-state index is 0.213. The number of likely N-dealkylation sites (tertiary alicyclic amines) is 1. The maximum absolute atomic E-state index is 12.2. The van der Waals surface area contributed by atoms with E-state index in [1.807, 2.05) is 59.0 Å². The molecule has 6 aromatic rings. The number of halogens is 1. The molecule has 0 radical (unpaired) electrons. The van der Waals surface area contributed by atoms with Crippen LogP contribution in [0.25, 0.3) is 10.4 Å². The first-order chi connectivity index (χ1) is 29.3. The molecule has 8 heterocycles. The third kappa shape index (κ3) is 14.2. The summed E-state index contributed by atoms with van der Waals surface area (Å²) in [6.45, 7) is 12.9. The van der Waals surface area contributed by atoms with Crippen LogP contribution in [0.15, 0.2) is 64.0 Å². The molecular formula is C39H52BBrN14O4S2. The fourth-order valence-electron chi connectivity index (χ4n) is 6.21. The maximum Gasteiger partial charge on any atom is 0.499 e. The third-order valence-electron chi connectivity index (χ3n) is 9.18. The Kier molecular flexibility index (Phi) is 16.1. The Hall–Kier alpha value is -5.13. The minimum Gasteiger partial charge on any atom is -0.444 e. The van der Waals surface area contributed by atoms with Crippen LogP contribution >= 0.6 is 38.6 Å². The molecule has 2 fully saturated rings. The smallest absolute Gasteiger partial charge is 0.444 e. The summed E-state index contributed by atoms with van der Waals surface area (Å²) in [5, 5.41) is 51.6. The Morgan fingerprint density at radius 2 is 1.43 bits per heavy atom. The van der Waals surface area contributed by atoms with E-state index in [2.05, 4.69) is 89.3 Å². The maximum atomic E-state index is 12.2. The van der Waals surface area contributed by atoms with Crippen molar-refractivity contribution in [3.8, 4) is 10.4 Å². The Morgan fingerprint density at radius 1 is 0.852 bits per heavy atom. The highest BCUT2D eigenvalue weighted by Gasteiger charge is 2.27. The molecule has 2 saturated heterocycles. The Bertz CT molecular complexity index is 2260. The van der Waals surface area contributed by atoms with E-state index in [1.165, 1.54) is 16.2 Å². The first-order valence-electron chi connectivity index (χ1n) is 19.9. The molecule has 0 spiro atoms. The predicted octanol–water partition coefficient (Wildman–Crippen LogP) is 6.40. The molecule has 2 aliphatic heterocycles. The molecule has 61 heavy (non-hydrogen) atoms. The number of nitrogens with zero attached hydrogens (tertiary/aromatic N) is 7. The fourth-order valence-corrected chi connectivity index (χ4v) is 7.85. The van der Waals surface area contributed by atoms with Crippen molar-refractivity contribution in [3.63, 3.8) is 0 Å². The predicted molar refractivity (Wildman–Crippen MR) is 246 cm³/mol. The summed E-state index contributed by atoms with van der Waals surface area (Å²) in [5.74, 6) is 3.97. The van der Waals surface area contributed by atoms with E-state index in [1.54, 1.807) is 39.9 Å². The molecular weight excluding hydrogens is 883 g/mol. The molecule has 22 heteroatoms. The summed E-state index contributed by atoms with van der Waals surface area (Å²) in [5.41, 5.74) is 2.51. The van der Waals surface area contributed by atoms with E-state index < -0.39 is 12.7 Å². The van der Waals surface area contributed by atoms with Crippen LogP contribution in [-0.4, -0.2) is 112 Å². The van der Waals surface area contributed by atoms with Crippen LogP contribution in [0.5, 0.6) is 0 Å². The van der Waals surface area contributed by atoms with E-state index in [-0.39, 0.29) is 12.1 Å². The van der Waals surface area contributed by atoms with Gasteiger partial charge in [-0.3, -0.25) is 10.2 Å². The number of nitrogens with one attached hydrogen (secondary N) is 7. The number of carbonyl (C=O) groups excluding carboxylic acids is 1. The van der Waals surface area contributed by atoms with Gasteiger partial charge in [0.2, 0.25) is 11.9 Å². The van der Waals surface area contributed by atoms with Gasteiger partial charge < -0.3 is 46.3 Å². The number of H-pyrrole nitrogens is 2. The molecule has 8 rings (SSSR count). The zero-order valence-electron chi connectivity index (χ0n) is 34.7. The lowest BCUT2D eigenvalue weighted by Gasteiger charge is -2.34. The number of thiophene rings is 2. The van der Waals surface area contributed by atoms with Gasteiger partial charge >= 0.3 is 13.2 Å².